The van der Waals surface area contributed by atoms with Crippen molar-refractivity contribution in [2.45, 2.75) is 0 Å². The summed E-state index contributed by atoms with van der Waals surface area (Å²) in [6.07, 6.45) is 0. The highest BCUT2D eigenvalue weighted by Gasteiger charge is 2.29. The summed E-state index contributed by atoms with van der Waals surface area (Å²) in [5.41, 5.74) is 23.5. The lowest BCUT2D eigenvalue weighted by Crippen LogP contribution is -2.04. The Morgan fingerprint density at radius 3 is 0.909 bits per heavy atom. The molecule has 0 atom stereocenters. The van der Waals surface area contributed by atoms with Gasteiger partial charge in [0, 0.05) is 65.7 Å². The van der Waals surface area contributed by atoms with Gasteiger partial charge in [0.1, 0.15) is 0 Å². The van der Waals surface area contributed by atoms with Crippen molar-refractivity contribution in [1.29, 1.82) is 0 Å². The van der Waals surface area contributed by atoms with Crippen LogP contribution >= 0.6 is 0 Å². The van der Waals surface area contributed by atoms with E-state index in [-0.39, 0.29) is 0 Å². The number of hydrogen-bond donors (Lipinski definition) is 0. The number of fused-ring (bicyclic) bond motifs is 26. The Hall–Kier alpha value is -11.7. The number of aromatic nitrogens is 4. The summed E-state index contributed by atoms with van der Waals surface area (Å²) in [7, 11) is 0. The van der Waals surface area contributed by atoms with E-state index in [0.717, 1.165) is 39.3 Å². The molecule has 15 aromatic carbocycles. The van der Waals surface area contributed by atoms with Crippen molar-refractivity contribution < 1.29 is 0 Å². The van der Waals surface area contributed by atoms with Crippen LogP contribution in [0.2, 0.25) is 0 Å². The lowest BCUT2D eigenvalue weighted by molar-refractivity contribution is 1.16. The van der Waals surface area contributed by atoms with Crippen LogP contribution < -0.4 is 0 Å². The van der Waals surface area contributed by atoms with Crippen LogP contribution in [0, 0.1) is 0 Å². The van der Waals surface area contributed by atoms with Gasteiger partial charge in [-0.2, -0.15) is 0 Å². The first-order valence-electron chi connectivity index (χ1n) is 30.5. The predicted molar refractivity (Wildman–Crippen MR) is 372 cm³/mol. The molecule has 1 aliphatic carbocycles. The van der Waals surface area contributed by atoms with Crippen molar-refractivity contribution in [2.75, 3.05) is 0 Å². The molecule has 0 saturated heterocycles. The molecule has 0 unspecified atom stereocenters. The molecular weight excluding hydrogens is 1060 g/mol. The highest BCUT2D eigenvalue weighted by atomic mass is 15.0. The largest absolute Gasteiger partial charge is 0.309 e. The van der Waals surface area contributed by atoms with E-state index in [4.69, 9.17) is 0 Å². The first-order valence-corrected chi connectivity index (χ1v) is 30.5. The van der Waals surface area contributed by atoms with Crippen LogP contribution in [0.15, 0.2) is 303 Å². The zero-order valence-corrected chi connectivity index (χ0v) is 47.7. The highest BCUT2D eigenvalue weighted by Crippen LogP contribution is 2.53. The molecule has 0 saturated carbocycles. The average Bonchev–Trinajstić information content (AvgIpc) is 1.40. The second-order valence-electron chi connectivity index (χ2n) is 23.9. The number of benzene rings is 15. The van der Waals surface area contributed by atoms with E-state index in [1.807, 2.05) is 0 Å². The van der Waals surface area contributed by atoms with Gasteiger partial charge >= 0.3 is 0 Å². The molecular formula is C84H50N4. The highest BCUT2D eigenvalue weighted by molar-refractivity contribution is 6.27. The van der Waals surface area contributed by atoms with E-state index >= 15 is 0 Å². The summed E-state index contributed by atoms with van der Waals surface area (Å²) in [5.74, 6) is 0. The quantitative estimate of drug-likeness (QED) is 0.157. The van der Waals surface area contributed by atoms with Gasteiger partial charge in [0.25, 0.3) is 0 Å². The van der Waals surface area contributed by atoms with E-state index in [1.165, 1.54) is 147 Å². The average molecular weight is 1120 g/mol. The van der Waals surface area contributed by atoms with Crippen molar-refractivity contribution in [3.63, 3.8) is 0 Å². The van der Waals surface area contributed by atoms with Crippen molar-refractivity contribution in [1.82, 2.24) is 18.3 Å². The molecule has 0 radical (unpaired) electrons. The van der Waals surface area contributed by atoms with Gasteiger partial charge in [-0.25, -0.2) is 0 Å². The van der Waals surface area contributed by atoms with Gasteiger partial charge in [0.2, 0.25) is 0 Å². The van der Waals surface area contributed by atoms with E-state index in [9.17, 15) is 0 Å². The van der Waals surface area contributed by atoms with Crippen molar-refractivity contribution in [3.8, 4) is 67.3 Å². The Balaban J connectivity index is 0.863. The fourth-order valence-electron chi connectivity index (χ4n) is 15.8. The Kier molecular flexibility index (Phi) is 9.69. The third-order valence-corrected chi connectivity index (χ3v) is 19.5. The normalized spacial score (nSPS) is 12.3. The Labute approximate surface area is 505 Å². The smallest absolute Gasteiger partial charge is 0.0547 e. The van der Waals surface area contributed by atoms with Crippen molar-refractivity contribution >= 4 is 120 Å². The minimum atomic E-state index is 1.11. The number of hydrogen-bond acceptors (Lipinski definition) is 0. The van der Waals surface area contributed by atoms with Crippen LogP contribution in [-0.2, 0) is 0 Å². The molecule has 0 N–H and O–H groups in total. The first-order chi connectivity index (χ1) is 43.7. The van der Waals surface area contributed by atoms with Crippen LogP contribution in [0.1, 0.15) is 0 Å². The van der Waals surface area contributed by atoms with Crippen molar-refractivity contribution in [3.05, 3.63) is 303 Å². The van der Waals surface area contributed by atoms with Gasteiger partial charge in [0.15, 0.2) is 0 Å². The number of rotatable bonds is 4. The topological polar surface area (TPSA) is 19.7 Å². The number of para-hydroxylation sites is 6. The SMILES string of the molecule is c1ccc2c(c1)-c1cc(-n3c4ccccc4c4cc(-n5c6ccccc6c6ccccc65)ccc43)ccc1-c1cc3c4ccccc4c4ccccc4c3cc1-c1cccc(-n3c4ccccc4c4cc(-n5c6ccccc6c6ccccc65)ccc43)c1-2. The van der Waals surface area contributed by atoms with Gasteiger partial charge < -0.3 is 18.3 Å². The summed E-state index contributed by atoms with van der Waals surface area (Å²) in [6.45, 7) is 0. The van der Waals surface area contributed by atoms with Crippen LogP contribution in [0.25, 0.3) is 187 Å². The maximum absolute atomic E-state index is 2.55. The predicted octanol–water partition coefficient (Wildman–Crippen LogP) is 22.5. The molecule has 0 aliphatic heterocycles. The van der Waals surface area contributed by atoms with Gasteiger partial charge in [-0.05, 0) is 174 Å². The van der Waals surface area contributed by atoms with Crippen LogP contribution in [0.3, 0.4) is 0 Å². The third kappa shape index (κ3) is 6.47. The van der Waals surface area contributed by atoms with Crippen molar-refractivity contribution in [2.24, 2.45) is 0 Å². The van der Waals surface area contributed by atoms with Gasteiger partial charge in [-0.1, -0.05) is 200 Å². The summed E-state index contributed by atoms with van der Waals surface area (Å²) in [5, 5.41) is 17.4. The second-order valence-corrected chi connectivity index (χ2v) is 23.9. The minimum Gasteiger partial charge on any atom is -0.309 e. The molecule has 20 rings (SSSR count). The first kappa shape index (κ1) is 47.6. The standard InChI is InChI=1S/C84H50N4/c1-3-22-56-54(20-1)55-21-2-4-23-57(55)70-50-72-67-32-19-39-83(88-80-38-18-12-30-65(80)74-48-53(42-45-82(74)88)86-77-35-15-9-27-62(77)63-28-10-16-36-78(63)86)84(67)66-31-6-5-24-58(66)68-46-51(40-43-59(68)71(72)49-69(56)70)87-79-37-17-11-29-64(79)73-47-52(41-44-81(73)87)85-75-33-13-7-25-60(75)61-26-8-14-34-76(61)85/h1-50H. The molecule has 0 fully saturated rings. The Morgan fingerprint density at radius 1 is 0.148 bits per heavy atom. The van der Waals surface area contributed by atoms with E-state index in [0.29, 0.717) is 0 Å². The third-order valence-electron chi connectivity index (χ3n) is 19.5. The molecule has 4 heterocycles. The van der Waals surface area contributed by atoms with Gasteiger partial charge in [0.05, 0.1) is 49.8 Å². The van der Waals surface area contributed by atoms with Crippen LogP contribution in [0.5, 0.6) is 0 Å². The van der Waals surface area contributed by atoms with Crippen LogP contribution in [-0.4, -0.2) is 18.3 Å². The zero-order chi connectivity index (χ0) is 57.3. The van der Waals surface area contributed by atoms with E-state index < -0.39 is 0 Å². The Morgan fingerprint density at radius 2 is 0.443 bits per heavy atom. The lowest BCUT2D eigenvalue weighted by Gasteiger charge is -2.27. The monoisotopic (exact) mass is 1110 g/mol. The lowest BCUT2D eigenvalue weighted by atomic mass is 9.78. The molecule has 19 aromatic rings. The molecule has 4 nitrogen and oxygen atoms in total. The zero-order valence-electron chi connectivity index (χ0n) is 47.7. The minimum absolute atomic E-state index is 1.11. The molecule has 88 heavy (non-hydrogen) atoms. The van der Waals surface area contributed by atoms with E-state index in [1.54, 1.807) is 0 Å². The molecule has 0 amide bonds. The fourth-order valence-corrected chi connectivity index (χ4v) is 15.8. The molecule has 4 heteroatoms. The van der Waals surface area contributed by atoms with E-state index in [2.05, 4.69) is 322 Å². The summed E-state index contributed by atoms with van der Waals surface area (Å²) in [6, 6.07) is 114. The summed E-state index contributed by atoms with van der Waals surface area (Å²) >= 11 is 0. The maximum Gasteiger partial charge on any atom is 0.0547 e. The molecule has 4 aromatic heterocycles. The van der Waals surface area contributed by atoms with Gasteiger partial charge in [-0.15, -0.1) is 0 Å². The summed E-state index contributed by atoms with van der Waals surface area (Å²) < 4.78 is 9.91. The molecule has 1 aliphatic rings. The maximum atomic E-state index is 2.55. The molecule has 0 bridgehead atoms. The molecule has 406 valence electrons. The van der Waals surface area contributed by atoms with Gasteiger partial charge in [-0.3, -0.25) is 0 Å². The molecule has 0 spiro atoms. The number of nitrogens with zero attached hydrogens (tertiary/aromatic N) is 4. The Bertz CT molecular complexity index is 6150. The van der Waals surface area contributed by atoms with Crippen LogP contribution in [0.4, 0.5) is 0 Å². The fraction of sp³-hybridized carbons (Fsp3) is 0. The summed E-state index contributed by atoms with van der Waals surface area (Å²) in [4.78, 5) is 0. The second kappa shape index (κ2) is 17.9.